The molecule has 3 rings (SSSR count). The summed E-state index contributed by atoms with van der Waals surface area (Å²) in [6, 6.07) is 12.1. The van der Waals surface area contributed by atoms with E-state index in [4.69, 9.17) is 0 Å². The smallest absolute Gasteiger partial charge is 1.00 e. The van der Waals surface area contributed by atoms with E-state index in [1.807, 2.05) is 12.1 Å². The molecule has 0 atom stereocenters. The first-order valence-corrected chi connectivity index (χ1v) is 4.53. The van der Waals surface area contributed by atoms with Gasteiger partial charge in [0, 0.05) is 23.2 Å². The first-order chi connectivity index (χ1) is 6.95. The number of nitrogens with zero attached hydrogens (tertiary/aromatic N) is 2. The maximum absolute atomic E-state index is 4.35. The van der Waals surface area contributed by atoms with Gasteiger partial charge in [-0.15, -0.1) is 0 Å². The van der Waals surface area contributed by atoms with Crippen molar-refractivity contribution in [2.75, 3.05) is 0 Å². The Morgan fingerprint density at radius 1 is 0.750 bits per heavy atom. The molecule has 2 aromatic heterocycles. The molecule has 0 fully saturated rings. The molecule has 2 heterocycles. The van der Waals surface area contributed by atoms with E-state index in [0.29, 0.717) is 0 Å². The van der Waals surface area contributed by atoms with Crippen LogP contribution in [0.15, 0.2) is 48.8 Å². The molecule has 0 saturated heterocycles. The molecule has 3 aromatic rings. The molecular formula is C12H11N2NaO. The number of hydrogen-bond donors (Lipinski definition) is 0. The van der Waals surface area contributed by atoms with Crippen molar-refractivity contribution in [3.8, 4) is 0 Å². The summed E-state index contributed by atoms with van der Waals surface area (Å²) in [6.07, 6.45) is 3.60. The van der Waals surface area contributed by atoms with Crippen molar-refractivity contribution >= 4 is 21.8 Å². The van der Waals surface area contributed by atoms with Crippen molar-refractivity contribution in [2.24, 2.45) is 0 Å². The fourth-order valence-corrected chi connectivity index (χ4v) is 1.68. The predicted octanol–water partition coefficient (Wildman–Crippen LogP) is -0.925. The number of hydrogen-bond acceptors (Lipinski definition) is 2. The number of pyridine rings is 2. The van der Waals surface area contributed by atoms with E-state index in [1.165, 1.54) is 0 Å². The van der Waals surface area contributed by atoms with Gasteiger partial charge in [0.25, 0.3) is 0 Å². The van der Waals surface area contributed by atoms with Crippen molar-refractivity contribution in [3.05, 3.63) is 48.8 Å². The molecule has 0 bridgehead atoms. The number of benzene rings is 1. The van der Waals surface area contributed by atoms with E-state index in [1.54, 1.807) is 12.4 Å². The summed E-state index contributed by atoms with van der Waals surface area (Å²) in [4.78, 5) is 8.69. The minimum absolute atomic E-state index is 0. The minimum Gasteiger partial charge on any atom is -1.00 e. The second kappa shape index (κ2) is 5.37. The standard InChI is InChI=1S/C12H8N2.Na.H2O.H/c1-3-9-5-6-10-4-2-8-14-12(10)11(9)13-7-1;;;/h1-8H;;1H2;/q;+1;;-1. The molecule has 0 radical (unpaired) electrons. The van der Waals surface area contributed by atoms with Crippen LogP contribution in [-0.2, 0) is 0 Å². The van der Waals surface area contributed by atoms with Gasteiger partial charge in [0.15, 0.2) is 0 Å². The Balaban J connectivity index is 0.000000853. The zero-order valence-corrected chi connectivity index (χ0v) is 11.0. The van der Waals surface area contributed by atoms with Crippen LogP contribution in [0, 0.1) is 0 Å². The van der Waals surface area contributed by atoms with Crippen molar-refractivity contribution < 1.29 is 36.5 Å². The van der Waals surface area contributed by atoms with Crippen LogP contribution >= 0.6 is 0 Å². The summed E-state index contributed by atoms with van der Waals surface area (Å²) >= 11 is 0. The van der Waals surface area contributed by atoms with Crippen molar-refractivity contribution in [3.63, 3.8) is 0 Å². The maximum atomic E-state index is 4.35. The molecule has 76 valence electrons. The Bertz CT molecular complexity index is 563. The van der Waals surface area contributed by atoms with Gasteiger partial charge in [0.1, 0.15) is 0 Å². The van der Waals surface area contributed by atoms with Gasteiger partial charge in [0.2, 0.25) is 0 Å². The maximum Gasteiger partial charge on any atom is 1.00 e. The van der Waals surface area contributed by atoms with Gasteiger partial charge in [-0.25, -0.2) is 0 Å². The number of aromatic nitrogens is 2. The first-order valence-electron chi connectivity index (χ1n) is 4.53. The van der Waals surface area contributed by atoms with E-state index in [-0.39, 0.29) is 36.5 Å². The second-order valence-electron chi connectivity index (χ2n) is 3.22. The van der Waals surface area contributed by atoms with Crippen molar-refractivity contribution in [1.82, 2.24) is 9.97 Å². The molecule has 4 heteroatoms. The topological polar surface area (TPSA) is 57.3 Å². The zero-order chi connectivity index (χ0) is 9.38. The van der Waals surface area contributed by atoms with E-state index in [9.17, 15) is 0 Å². The van der Waals surface area contributed by atoms with Crippen LogP contribution in [-0.4, -0.2) is 15.4 Å². The van der Waals surface area contributed by atoms with E-state index in [0.717, 1.165) is 21.8 Å². The molecule has 3 nitrogen and oxygen atoms in total. The van der Waals surface area contributed by atoms with Crippen LogP contribution < -0.4 is 29.6 Å². The molecule has 2 N–H and O–H groups in total. The van der Waals surface area contributed by atoms with Crippen LogP contribution in [0.4, 0.5) is 0 Å². The fourth-order valence-electron chi connectivity index (χ4n) is 1.68. The number of rotatable bonds is 0. The minimum atomic E-state index is 0. The summed E-state index contributed by atoms with van der Waals surface area (Å²) < 4.78 is 0. The van der Waals surface area contributed by atoms with Crippen LogP contribution in [0.5, 0.6) is 0 Å². The molecule has 16 heavy (non-hydrogen) atoms. The van der Waals surface area contributed by atoms with E-state index >= 15 is 0 Å². The fraction of sp³-hybridized carbons (Fsp3) is 0. The van der Waals surface area contributed by atoms with Gasteiger partial charge in [0.05, 0.1) is 11.0 Å². The Kier molecular flexibility index (Phi) is 4.38. The molecule has 0 aliphatic heterocycles. The van der Waals surface area contributed by atoms with Crippen LogP contribution in [0.25, 0.3) is 21.8 Å². The third-order valence-corrected chi connectivity index (χ3v) is 2.34. The Morgan fingerprint density at radius 2 is 1.19 bits per heavy atom. The zero-order valence-electron chi connectivity index (χ0n) is 10.0. The molecule has 0 spiro atoms. The predicted molar refractivity (Wildman–Crippen MR) is 61.8 cm³/mol. The summed E-state index contributed by atoms with van der Waals surface area (Å²) in [7, 11) is 0. The normalized spacial score (nSPS) is 9.50. The van der Waals surface area contributed by atoms with Gasteiger partial charge in [-0.2, -0.15) is 0 Å². The SMILES string of the molecule is O.[H-].[Na+].c1cnc2c(c1)ccc1cccnc12. The monoisotopic (exact) mass is 222 g/mol. The average Bonchev–Trinajstić information content (AvgIpc) is 2.29. The molecular weight excluding hydrogens is 211 g/mol. The van der Waals surface area contributed by atoms with Gasteiger partial charge in [-0.1, -0.05) is 24.3 Å². The van der Waals surface area contributed by atoms with Crippen LogP contribution in [0.3, 0.4) is 0 Å². The van der Waals surface area contributed by atoms with Gasteiger partial charge in [-0.05, 0) is 12.1 Å². The number of fused-ring (bicyclic) bond motifs is 3. The molecule has 1 aromatic carbocycles. The third kappa shape index (κ3) is 2.08. The van der Waals surface area contributed by atoms with E-state index in [2.05, 4.69) is 34.2 Å². The summed E-state index contributed by atoms with van der Waals surface area (Å²) in [5.74, 6) is 0. The summed E-state index contributed by atoms with van der Waals surface area (Å²) in [5.41, 5.74) is 1.95. The Labute approximate surface area is 117 Å². The molecule has 0 amide bonds. The summed E-state index contributed by atoms with van der Waals surface area (Å²) in [5, 5.41) is 2.28. The van der Waals surface area contributed by atoms with Crippen molar-refractivity contribution in [1.29, 1.82) is 0 Å². The second-order valence-corrected chi connectivity index (χ2v) is 3.22. The Hall–Kier alpha value is -1.00. The molecule has 0 saturated carbocycles. The molecule has 0 unspecified atom stereocenters. The van der Waals surface area contributed by atoms with Gasteiger partial charge < -0.3 is 6.90 Å². The quantitative estimate of drug-likeness (QED) is 0.364. The third-order valence-electron chi connectivity index (χ3n) is 2.34. The van der Waals surface area contributed by atoms with Gasteiger partial charge in [-0.3, -0.25) is 9.97 Å². The largest absolute Gasteiger partial charge is 1.00 e. The Morgan fingerprint density at radius 3 is 1.62 bits per heavy atom. The summed E-state index contributed by atoms with van der Waals surface area (Å²) in [6.45, 7) is 0. The van der Waals surface area contributed by atoms with Crippen LogP contribution in [0.2, 0.25) is 0 Å². The van der Waals surface area contributed by atoms with Crippen molar-refractivity contribution in [2.45, 2.75) is 0 Å². The average molecular weight is 222 g/mol. The molecule has 0 aliphatic carbocycles. The molecule has 0 aliphatic rings. The first kappa shape index (κ1) is 13.1. The van der Waals surface area contributed by atoms with Crippen LogP contribution in [0.1, 0.15) is 1.43 Å². The van der Waals surface area contributed by atoms with Gasteiger partial charge >= 0.3 is 29.6 Å². The van der Waals surface area contributed by atoms with E-state index < -0.39 is 0 Å².